The summed E-state index contributed by atoms with van der Waals surface area (Å²) in [7, 11) is 0. The minimum absolute atomic E-state index is 0.651. The molecule has 0 saturated carbocycles. The van der Waals surface area contributed by atoms with Crippen LogP contribution in [0.3, 0.4) is 0 Å². The van der Waals surface area contributed by atoms with Gasteiger partial charge in [0.2, 0.25) is 0 Å². The topological polar surface area (TPSA) is 50.9 Å². The molecule has 0 aliphatic carbocycles. The first kappa shape index (κ1) is 9.36. The van der Waals surface area contributed by atoms with Crippen LogP contribution in [0.1, 0.15) is 24.5 Å². The lowest BCUT2D eigenvalue weighted by Gasteiger charge is -2.09. The number of thiazole rings is 1. The first-order valence-electron chi connectivity index (χ1n) is 4.40. The van der Waals surface area contributed by atoms with E-state index in [9.17, 15) is 5.11 Å². The number of rotatable bonds is 3. The third-order valence-corrected chi connectivity index (χ3v) is 2.67. The van der Waals surface area contributed by atoms with Crippen molar-refractivity contribution < 1.29 is 5.11 Å². The van der Waals surface area contributed by atoms with E-state index in [2.05, 4.69) is 9.97 Å². The Morgan fingerprint density at radius 1 is 1.57 bits per heavy atom. The normalized spacial score (nSPS) is 13.0. The summed E-state index contributed by atoms with van der Waals surface area (Å²) in [5, 5.41) is 11.8. The molecule has 0 saturated heterocycles. The Labute approximate surface area is 85.9 Å². The molecule has 2 rings (SSSR count). The number of imidazole rings is 1. The molecule has 2 aromatic heterocycles. The van der Waals surface area contributed by atoms with Crippen LogP contribution in [0.4, 0.5) is 0 Å². The lowest BCUT2D eigenvalue weighted by Crippen LogP contribution is -2.08. The van der Waals surface area contributed by atoms with E-state index in [-0.39, 0.29) is 0 Å². The number of aryl methyl sites for hydroxylation is 1. The summed E-state index contributed by atoms with van der Waals surface area (Å²) in [5.74, 6) is 0.651. The van der Waals surface area contributed by atoms with Gasteiger partial charge in [0.1, 0.15) is 5.82 Å². The Balaban J connectivity index is 2.31. The second-order valence-electron chi connectivity index (χ2n) is 2.89. The molecule has 0 aliphatic rings. The van der Waals surface area contributed by atoms with E-state index in [0.29, 0.717) is 11.5 Å². The molecule has 2 heterocycles. The Bertz CT molecular complexity index is 396. The van der Waals surface area contributed by atoms with Gasteiger partial charge < -0.3 is 9.67 Å². The average molecular weight is 209 g/mol. The second-order valence-corrected chi connectivity index (χ2v) is 3.61. The van der Waals surface area contributed by atoms with Crippen molar-refractivity contribution in [2.45, 2.75) is 19.6 Å². The van der Waals surface area contributed by atoms with Crippen molar-refractivity contribution in [1.29, 1.82) is 0 Å². The lowest BCUT2D eigenvalue weighted by molar-refractivity contribution is 0.201. The average Bonchev–Trinajstić information content (AvgIpc) is 2.87. The van der Waals surface area contributed by atoms with Crippen molar-refractivity contribution in [3.05, 3.63) is 34.8 Å². The maximum atomic E-state index is 9.94. The molecule has 0 bridgehead atoms. The van der Waals surface area contributed by atoms with Gasteiger partial charge in [-0.05, 0) is 6.92 Å². The van der Waals surface area contributed by atoms with E-state index in [0.717, 1.165) is 6.54 Å². The third-order valence-electron chi connectivity index (χ3n) is 2.06. The van der Waals surface area contributed by atoms with Crippen molar-refractivity contribution in [3.8, 4) is 0 Å². The van der Waals surface area contributed by atoms with Gasteiger partial charge in [-0.1, -0.05) is 0 Å². The number of aliphatic hydroxyl groups is 1. The zero-order chi connectivity index (χ0) is 9.97. The minimum atomic E-state index is -0.712. The van der Waals surface area contributed by atoms with Gasteiger partial charge in [0.05, 0.1) is 11.2 Å². The third kappa shape index (κ3) is 1.56. The highest BCUT2D eigenvalue weighted by atomic mass is 32.1. The summed E-state index contributed by atoms with van der Waals surface area (Å²) in [5.41, 5.74) is 2.37. The van der Waals surface area contributed by atoms with Crippen molar-refractivity contribution in [2.24, 2.45) is 0 Å². The van der Waals surface area contributed by atoms with E-state index in [4.69, 9.17) is 0 Å². The van der Waals surface area contributed by atoms with Crippen LogP contribution in [-0.2, 0) is 6.54 Å². The summed E-state index contributed by atoms with van der Waals surface area (Å²) in [4.78, 5) is 8.18. The lowest BCUT2D eigenvalue weighted by atomic mass is 10.2. The molecule has 5 heteroatoms. The minimum Gasteiger partial charge on any atom is -0.379 e. The van der Waals surface area contributed by atoms with Crippen LogP contribution in [0.15, 0.2) is 23.3 Å². The van der Waals surface area contributed by atoms with Gasteiger partial charge in [-0.2, -0.15) is 0 Å². The number of aromatic nitrogens is 3. The smallest absolute Gasteiger partial charge is 0.154 e. The van der Waals surface area contributed by atoms with Crippen LogP contribution in [0.25, 0.3) is 0 Å². The first-order chi connectivity index (χ1) is 6.83. The first-order valence-corrected chi connectivity index (χ1v) is 5.34. The molecule has 0 amide bonds. The van der Waals surface area contributed by atoms with Gasteiger partial charge in [-0.25, -0.2) is 9.97 Å². The van der Waals surface area contributed by atoms with Gasteiger partial charge >= 0.3 is 0 Å². The quantitative estimate of drug-likeness (QED) is 0.832. The number of hydrogen-bond donors (Lipinski definition) is 1. The van der Waals surface area contributed by atoms with Gasteiger partial charge in [0.25, 0.3) is 0 Å². The zero-order valence-electron chi connectivity index (χ0n) is 7.79. The summed E-state index contributed by atoms with van der Waals surface area (Å²) in [6, 6.07) is 0. The standard InChI is InChI=1S/C9H11N3OS/c1-2-12-4-3-10-9(12)8(13)7-5-14-6-11-7/h3-6,8,13H,2H2,1H3. The Morgan fingerprint density at radius 2 is 2.43 bits per heavy atom. The largest absolute Gasteiger partial charge is 0.379 e. The molecule has 0 radical (unpaired) electrons. The highest BCUT2D eigenvalue weighted by molar-refractivity contribution is 7.07. The van der Waals surface area contributed by atoms with Crippen LogP contribution in [0.2, 0.25) is 0 Å². The number of hydrogen-bond acceptors (Lipinski definition) is 4. The number of aliphatic hydroxyl groups excluding tert-OH is 1. The highest BCUT2D eigenvalue weighted by Gasteiger charge is 2.16. The summed E-state index contributed by atoms with van der Waals surface area (Å²) >= 11 is 1.47. The van der Waals surface area contributed by atoms with Crippen molar-refractivity contribution >= 4 is 11.3 Å². The van der Waals surface area contributed by atoms with Gasteiger partial charge in [0.15, 0.2) is 6.10 Å². The fourth-order valence-corrected chi connectivity index (χ4v) is 1.90. The maximum Gasteiger partial charge on any atom is 0.154 e. The Kier molecular flexibility index (Phi) is 2.60. The van der Waals surface area contributed by atoms with Crippen molar-refractivity contribution in [2.75, 3.05) is 0 Å². The van der Waals surface area contributed by atoms with Crippen LogP contribution in [-0.4, -0.2) is 19.6 Å². The molecule has 1 unspecified atom stereocenters. The van der Waals surface area contributed by atoms with Crippen LogP contribution < -0.4 is 0 Å². The van der Waals surface area contributed by atoms with Crippen LogP contribution in [0.5, 0.6) is 0 Å². The molecular weight excluding hydrogens is 198 g/mol. The SMILES string of the molecule is CCn1ccnc1C(O)c1cscn1. The predicted molar refractivity (Wildman–Crippen MR) is 54.1 cm³/mol. The molecule has 1 N–H and O–H groups in total. The molecule has 0 aliphatic heterocycles. The van der Waals surface area contributed by atoms with E-state index in [1.54, 1.807) is 11.7 Å². The summed E-state index contributed by atoms with van der Waals surface area (Å²) < 4.78 is 1.91. The molecule has 74 valence electrons. The van der Waals surface area contributed by atoms with Gasteiger partial charge in [0, 0.05) is 24.3 Å². The molecule has 14 heavy (non-hydrogen) atoms. The zero-order valence-corrected chi connectivity index (χ0v) is 8.61. The molecule has 2 aromatic rings. The fraction of sp³-hybridized carbons (Fsp3) is 0.333. The van der Waals surface area contributed by atoms with Gasteiger partial charge in [-0.15, -0.1) is 11.3 Å². The fourth-order valence-electron chi connectivity index (χ4n) is 1.32. The van der Waals surface area contributed by atoms with Crippen LogP contribution >= 0.6 is 11.3 Å². The number of nitrogens with zero attached hydrogens (tertiary/aromatic N) is 3. The maximum absolute atomic E-state index is 9.94. The van der Waals surface area contributed by atoms with E-state index in [1.165, 1.54) is 11.3 Å². The van der Waals surface area contributed by atoms with Crippen LogP contribution in [0, 0.1) is 0 Å². The molecule has 1 atom stereocenters. The molecule has 0 aromatic carbocycles. The van der Waals surface area contributed by atoms with E-state index < -0.39 is 6.10 Å². The molecule has 4 nitrogen and oxygen atoms in total. The highest BCUT2D eigenvalue weighted by Crippen LogP contribution is 2.19. The second kappa shape index (κ2) is 3.89. The Morgan fingerprint density at radius 3 is 3.07 bits per heavy atom. The van der Waals surface area contributed by atoms with Crippen molar-refractivity contribution in [3.63, 3.8) is 0 Å². The van der Waals surface area contributed by atoms with Gasteiger partial charge in [-0.3, -0.25) is 0 Å². The van der Waals surface area contributed by atoms with Crippen molar-refractivity contribution in [1.82, 2.24) is 14.5 Å². The molecular formula is C9H11N3OS. The van der Waals surface area contributed by atoms with E-state index in [1.807, 2.05) is 23.1 Å². The monoisotopic (exact) mass is 209 g/mol. The molecule has 0 spiro atoms. The summed E-state index contributed by atoms with van der Waals surface area (Å²) in [6.07, 6.45) is 2.83. The predicted octanol–water partition coefficient (Wildman–Crippen LogP) is 1.44. The Hall–Kier alpha value is -1.20. The summed E-state index contributed by atoms with van der Waals surface area (Å²) in [6.45, 7) is 2.81. The molecule has 0 fully saturated rings. The van der Waals surface area contributed by atoms with E-state index >= 15 is 0 Å².